The van der Waals surface area contributed by atoms with Crippen LogP contribution in [0.15, 0.2) is 12.1 Å². The first kappa shape index (κ1) is 17.1. The Labute approximate surface area is 128 Å². The molecule has 1 aromatic carbocycles. The van der Waals surface area contributed by atoms with Gasteiger partial charge in [0, 0.05) is 6.04 Å². The summed E-state index contributed by atoms with van der Waals surface area (Å²) in [4.78, 5) is 12.0. The number of hydrogen-bond donors (Lipinski definition) is 2. The summed E-state index contributed by atoms with van der Waals surface area (Å²) in [5, 5.41) is 6.10. The molecule has 1 amide bonds. The van der Waals surface area contributed by atoms with E-state index in [9.17, 15) is 9.18 Å². The normalized spacial score (nSPS) is 13.7. The zero-order valence-corrected chi connectivity index (χ0v) is 13.3. The first-order chi connectivity index (χ1) is 9.35. The summed E-state index contributed by atoms with van der Waals surface area (Å²) in [5.74, 6) is -0.665. The molecule has 3 nitrogen and oxygen atoms in total. The van der Waals surface area contributed by atoms with Gasteiger partial charge in [0.15, 0.2) is 0 Å². The van der Waals surface area contributed by atoms with Crippen LogP contribution in [0, 0.1) is 5.82 Å². The fourth-order valence-corrected chi connectivity index (χ4v) is 2.40. The molecule has 0 saturated carbocycles. The predicted octanol–water partition coefficient (Wildman–Crippen LogP) is 4.24. The molecule has 0 bridgehead atoms. The Bertz CT molecular complexity index is 459. The van der Waals surface area contributed by atoms with Crippen LogP contribution in [0.1, 0.15) is 33.6 Å². The lowest BCUT2D eigenvalue weighted by atomic mass is 10.2. The lowest BCUT2D eigenvalue weighted by molar-refractivity contribution is -0.122. The SMILES string of the molecule is CCCC(C)NC(=O)C(C)Nc1c(Cl)cc(F)cc1Cl. The van der Waals surface area contributed by atoms with Crippen molar-refractivity contribution < 1.29 is 9.18 Å². The number of carbonyl (C=O) groups excluding carboxylic acids is 1. The standard InChI is InChI=1S/C14H19Cl2FN2O/c1-4-5-8(2)18-14(20)9(3)19-13-11(15)6-10(17)7-12(13)16/h6-9,19H,4-5H2,1-3H3,(H,18,20). The van der Waals surface area contributed by atoms with E-state index in [-0.39, 0.29) is 22.0 Å². The first-order valence-corrected chi connectivity index (χ1v) is 7.32. The summed E-state index contributed by atoms with van der Waals surface area (Å²) < 4.78 is 13.1. The number of halogens is 3. The molecular weight excluding hydrogens is 302 g/mol. The Hall–Kier alpha value is -1.00. The number of benzene rings is 1. The molecule has 0 aliphatic rings. The van der Waals surface area contributed by atoms with Crippen LogP contribution >= 0.6 is 23.2 Å². The van der Waals surface area contributed by atoms with Crippen molar-refractivity contribution in [3.8, 4) is 0 Å². The highest BCUT2D eigenvalue weighted by atomic mass is 35.5. The fraction of sp³-hybridized carbons (Fsp3) is 0.500. The van der Waals surface area contributed by atoms with E-state index in [1.165, 1.54) is 0 Å². The highest BCUT2D eigenvalue weighted by molar-refractivity contribution is 6.39. The van der Waals surface area contributed by atoms with E-state index in [0.717, 1.165) is 25.0 Å². The zero-order valence-electron chi connectivity index (χ0n) is 11.8. The Morgan fingerprint density at radius 1 is 1.30 bits per heavy atom. The summed E-state index contributed by atoms with van der Waals surface area (Å²) in [6, 6.07) is 1.89. The molecule has 112 valence electrons. The molecule has 0 fully saturated rings. The van der Waals surface area contributed by atoms with E-state index in [1.54, 1.807) is 6.92 Å². The van der Waals surface area contributed by atoms with Crippen molar-refractivity contribution in [2.45, 2.75) is 45.7 Å². The van der Waals surface area contributed by atoms with Crippen molar-refractivity contribution in [1.82, 2.24) is 5.32 Å². The quantitative estimate of drug-likeness (QED) is 0.823. The van der Waals surface area contributed by atoms with Crippen LogP contribution in [0.2, 0.25) is 10.0 Å². The van der Waals surface area contributed by atoms with Crippen LogP contribution < -0.4 is 10.6 Å². The molecule has 0 spiro atoms. The van der Waals surface area contributed by atoms with Gasteiger partial charge in [-0.15, -0.1) is 0 Å². The Kier molecular flexibility index (Phi) is 6.56. The minimum Gasteiger partial charge on any atom is -0.371 e. The zero-order chi connectivity index (χ0) is 15.3. The summed E-state index contributed by atoms with van der Waals surface area (Å²) >= 11 is 11.8. The molecule has 1 rings (SSSR count). The maximum Gasteiger partial charge on any atom is 0.242 e. The second kappa shape index (κ2) is 7.70. The molecular formula is C14H19Cl2FN2O. The van der Waals surface area contributed by atoms with Crippen LogP contribution in [-0.2, 0) is 4.79 Å². The van der Waals surface area contributed by atoms with E-state index >= 15 is 0 Å². The lowest BCUT2D eigenvalue weighted by Crippen LogP contribution is -2.42. The lowest BCUT2D eigenvalue weighted by Gasteiger charge is -2.20. The van der Waals surface area contributed by atoms with Crippen LogP contribution in [0.4, 0.5) is 10.1 Å². The summed E-state index contributed by atoms with van der Waals surface area (Å²) in [5.41, 5.74) is 0.362. The first-order valence-electron chi connectivity index (χ1n) is 6.56. The van der Waals surface area contributed by atoms with E-state index in [1.807, 2.05) is 6.92 Å². The van der Waals surface area contributed by atoms with E-state index in [2.05, 4.69) is 17.6 Å². The highest BCUT2D eigenvalue weighted by Crippen LogP contribution is 2.31. The molecule has 6 heteroatoms. The monoisotopic (exact) mass is 320 g/mol. The van der Waals surface area contributed by atoms with E-state index in [0.29, 0.717) is 5.69 Å². The summed E-state index contributed by atoms with van der Waals surface area (Å²) in [6.45, 7) is 5.71. The van der Waals surface area contributed by atoms with Crippen molar-refractivity contribution in [2.75, 3.05) is 5.32 Å². The average molecular weight is 321 g/mol. The van der Waals surface area contributed by atoms with Gasteiger partial charge in [0.05, 0.1) is 15.7 Å². The van der Waals surface area contributed by atoms with Crippen molar-refractivity contribution in [1.29, 1.82) is 0 Å². The molecule has 2 unspecified atom stereocenters. The minimum absolute atomic E-state index is 0.107. The number of nitrogens with one attached hydrogen (secondary N) is 2. The molecule has 2 N–H and O–H groups in total. The molecule has 0 radical (unpaired) electrons. The van der Waals surface area contributed by atoms with Gasteiger partial charge in [-0.05, 0) is 32.4 Å². The van der Waals surface area contributed by atoms with Gasteiger partial charge >= 0.3 is 0 Å². The van der Waals surface area contributed by atoms with Gasteiger partial charge in [0.2, 0.25) is 5.91 Å². The molecule has 2 atom stereocenters. The highest BCUT2D eigenvalue weighted by Gasteiger charge is 2.18. The summed E-state index contributed by atoms with van der Waals surface area (Å²) in [6.07, 6.45) is 1.91. The number of rotatable bonds is 6. The van der Waals surface area contributed by atoms with Crippen molar-refractivity contribution in [3.05, 3.63) is 28.0 Å². The average Bonchev–Trinajstić information content (AvgIpc) is 2.33. The van der Waals surface area contributed by atoms with Gasteiger partial charge in [0.1, 0.15) is 11.9 Å². The summed E-state index contributed by atoms with van der Waals surface area (Å²) in [7, 11) is 0. The van der Waals surface area contributed by atoms with Crippen LogP contribution in [0.25, 0.3) is 0 Å². The molecule has 0 aromatic heterocycles. The molecule has 0 heterocycles. The molecule has 1 aromatic rings. The van der Waals surface area contributed by atoms with Crippen molar-refractivity contribution >= 4 is 34.8 Å². The van der Waals surface area contributed by atoms with Crippen molar-refractivity contribution in [3.63, 3.8) is 0 Å². The third-order valence-corrected chi connectivity index (χ3v) is 3.47. The van der Waals surface area contributed by atoms with Crippen LogP contribution in [0.3, 0.4) is 0 Å². The Morgan fingerprint density at radius 3 is 2.35 bits per heavy atom. The maximum absolute atomic E-state index is 13.1. The Morgan fingerprint density at radius 2 is 1.85 bits per heavy atom. The number of hydrogen-bond acceptors (Lipinski definition) is 2. The van der Waals surface area contributed by atoms with Gasteiger partial charge < -0.3 is 10.6 Å². The Balaban J connectivity index is 2.71. The number of amides is 1. The van der Waals surface area contributed by atoms with Crippen LogP contribution in [-0.4, -0.2) is 18.0 Å². The topological polar surface area (TPSA) is 41.1 Å². The van der Waals surface area contributed by atoms with E-state index in [4.69, 9.17) is 23.2 Å². The predicted molar refractivity (Wildman–Crippen MR) is 82.0 cm³/mol. The maximum atomic E-state index is 13.1. The molecule has 0 aliphatic carbocycles. The van der Waals surface area contributed by atoms with Gasteiger partial charge in [0.25, 0.3) is 0 Å². The number of carbonyl (C=O) groups is 1. The van der Waals surface area contributed by atoms with E-state index < -0.39 is 11.9 Å². The van der Waals surface area contributed by atoms with Gasteiger partial charge in [-0.3, -0.25) is 4.79 Å². The third kappa shape index (κ3) is 4.84. The van der Waals surface area contributed by atoms with Gasteiger partial charge in [-0.1, -0.05) is 36.5 Å². The second-order valence-corrected chi connectivity index (χ2v) is 5.62. The molecule has 0 aliphatic heterocycles. The number of anilines is 1. The van der Waals surface area contributed by atoms with Crippen LogP contribution in [0.5, 0.6) is 0 Å². The van der Waals surface area contributed by atoms with Crippen molar-refractivity contribution in [2.24, 2.45) is 0 Å². The van der Waals surface area contributed by atoms with Gasteiger partial charge in [-0.25, -0.2) is 4.39 Å². The second-order valence-electron chi connectivity index (χ2n) is 4.81. The largest absolute Gasteiger partial charge is 0.371 e. The van der Waals surface area contributed by atoms with Gasteiger partial charge in [-0.2, -0.15) is 0 Å². The fourth-order valence-electron chi connectivity index (χ4n) is 1.84. The minimum atomic E-state index is -0.519. The smallest absolute Gasteiger partial charge is 0.242 e. The molecule has 0 saturated heterocycles. The third-order valence-electron chi connectivity index (χ3n) is 2.87. The molecule has 20 heavy (non-hydrogen) atoms.